The molecule has 0 saturated carbocycles. The molecule has 3 heterocycles. The number of rotatable bonds is 10. The molecule has 0 spiro atoms. The van der Waals surface area contributed by atoms with Crippen LogP contribution in [0.2, 0.25) is 0 Å². The lowest BCUT2D eigenvalue weighted by Crippen LogP contribution is -2.43. The van der Waals surface area contributed by atoms with Gasteiger partial charge in [0.2, 0.25) is 11.8 Å². The number of ether oxygens (including phenoxy) is 3. The number of anilines is 1. The molecule has 0 bridgehead atoms. The Balaban J connectivity index is 1.38. The molecule has 202 valence electrons. The van der Waals surface area contributed by atoms with Gasteiger partial charge in [-0.2, -0.15) is 4.98 Å². The normalized spacial score (nSPS) is 14.6. The molecule has 2 aromatic carbocycles. The summed E-state index contributed by atoms with van der Waals surface area (Å²) in [5, 5.41) is 5.13. The zero-order valence-corrected chi connectivity index (χ0v) is 22.7. The fraction of sp³-hybridized carbons (Fsp3) is 0.370. The van der Waals surface area contributed by atoms with Crippen molar-refractivity contribution in [2.75, 3.05) is 58.3 Å². The number of nitrogens with zero attached hydrogens (tertiary/aromatic N) is 3. The van der Waals surface area contributed by atoms with Crippen molar-refractivity contribution in [1.29, 1.82) is 0 Å². The number of fused-ring (bicyclic) bond motifs is 3. The van der Waals surface area contributed by atoms with E-state index < -0.39 is 10.0 Å². The summed E-state index contributed by atoms with van der Waals surface area (Å²) in [5.41, 5.74) is 2.15. The minimum absolute atomic E-state index is 0.123. The Bertz CT molecular complexity index is 1550. The van der Waals surface area contributed by atoms with Gasteiger partial charge >= 0.3 is 0 Å². The molecule has 38 heavy (non-hydrogen) atoms. The van der Waals surface area contributed by atoms with Crippen molar-refractivity contribution in [3.05, 3.63) is 48.5 Å². The minimum Gasteiger partial charge on any atom is -0.494 e. The summed E-state index contributed by atoms with van der Waals surface area (Å²) in [6.45, 7) is 5.86. The molecule has 4 aromatic rings. The van der Waals surface area contributed by atoms with Gasteiger partial charge in [0.25, 0.3) is 10.0 Å². The maximum Gasteiger partial charge on any atom is 0.262 e. The highest BCUT2D eigenvalue weighted by Crippen LogP contribution is 2.34. The van der Waals surface area contributed by atoms with E-state index in [9.17, 15) is 8.42 Å². The van der Waals surface area contributed by atoms with E-state index in [1.165, 1.54) is 14.2 Å². The summed E-state index contributed by atoms with van der Waals surface area (Å²) in [4.78, 5) is 6.74. The second-order valence-electron chi connectivity index (χ2n) is 9.23. The largest absolute Gasteiger partial charge is 0.494 e. The highest BCUT2D eigenvalue weighted by atomic mass is 32.2. The molecule has 0 atom stereocenters. The predicted molar refractivity (Wildman–Crippen MR) is 148 cm³/mol. The van der Waals surface area contributed by atoms with Crippen LogP contribution in [0.5, 0.6) is 17.5 Å². The number of piperazine rings is 1. The van der Waals surface area contributed by atoms with Gasteiger partial charge < -0.3 is 29.0 Å². The number of hydrogen-bond donors (Lipinski definition) is 2. The molecule has 5 rings (SSSR count). The lowest BCUT2D eigenvalue weighted by atomic mass is 10.1. The van der Waals surface area contributed by atoms with Crippen LogP contribution in [-0.2, 0) is 17.1 Å². The van der Waals surface area contributed by atoms with Gasteiger partial charge in [-0.25, -0.2) is 8.42 Å². The summed E-state index contributed by atoms with van der Waals surface area (Å²) in [6.07, 6.45) is 0.950. The molecule has 11 heteroatoms. The highest BCUT2D eigenvalue weighted by Gasteiger charge is 2.20. The Labute approximate surface area is 222 Å². The molecule has 1 saturated heterocycles. The first-order valence-electron chi connectivity index (χ1n) is 12.6. The monoisotopic (exact) mass is 539 g/mol. The van der Waals surface area contributed by atoms with Gasteiger partial charge in [0.1, 0.15) is 11.4 Å². The Morgan fingerprint density at radius 1 is 0.974 bits per heavy atom. The number of nitrogens with one attached hydrogen (secondary N) is 2. The third-order valence-electron chi connectivity index (χ3n) is 6.84. The highest BCUT2D eigenvalue weighted by molar-refractivity contribution is 7.92. The van der Waals surface area contributed by atoms with E-state index in [4.69, 9.17) is 14.2 Å². The zero-order valence-electron chi connectivity index (χ0n) is 21.9. The lowest BCUT2D eigenvalue weighted by Gasteiger charge is -2.26. The third-order valence-corrected chi connectivity index (χ3v) is 8.20. The van der Waals surface area contributed by atoms with Crippen molar-refractivity contribution < 1.29 is 22.6 Å². The number of aryl methyl sites for hydroxylation is 1. The fourth-order valence-corrected chi connectivity index (χ4v) is 5.90. The molecule has 0 amide bonds. The van der Waals surface area contributed by atoms with Crippen LogP contribution in [-0.4, -0.2) is 76.4 Å². The smallest absolute Gasteiger partial charge is 0.262 e. The number of methoxy groups -OCH3 is 2. The van der Waals surface area contributed by atoms with Crippen LogP contribution in [0.3, 0.4) is 0 Å². The van der Waals surface area contributed by atoms with Crippen LogP contribution in [0.25, 0.3) is 21.8 Å². The van der Waals surface area contributed by atoms with E-state index in [0.717, 1.165) is 66.7 Å². The number of pyridine rings is 1. The number of aromatic nitrogens is 2. The van der Waals surface area contributed by atoms with Crippen LogP contribution < -0.4 is 24.2 Å². The molecule has 0 unspecified atom stereocenters. The molecule has 1 aliphatic rings. The Hall–Kier alpha value is -3.54. The first-order chi connectivity index (χ1) is 18.4. The minimum atomic E-state index is -3.92. The van der Waals surface area contributed by atoms with Crippen molar-refractivity contribution in [3.63, 3.8) is 0 Å². The zero-order chi connectivity index (χ0) is 26.7. The predicted octanol–water partition coefficient (Wildman–Crippen LogP) is 3.22. The average molecular weight is 540 g/mol. The topological polar surface area (TPSA) is 107 Å². The Morgan fingerprint density at radius 3 is 2.45 bits per heavy atom. The SMILES string of the molecule is COc1ccc(NS(=O)(=O)c2ccc3c(c2)c2cc(OCCCN4CCNCC4)ccc2n3C)c(OC)n1. The van der Waals surface area contributed by atoms with Crippen LogP contribution in [0.1, 0.15) is 6.42 Å². The molecule has 1 aliphatic heterocycles. The summed E-state index contributed by atoms with van der Waals surface area (Å²) >= 11 is 0. The molecule has 0 aliphatic carbocycles. The first kappa shape index (κ1) is 26.1. The van der Waals surface area contributed by atoms with Gasteiger partial charge in [0.05, 0.1) is 25.7 Å². The van der Waals surface area contributed by atoms with Crippen molar-refractivity contribution in [1.82, 2.24) is 19.8 Å². The molecule has 10 nitrogen and oxygen atoms in total. The van der Waals surface area contributed by atoms with Gasteiger partial charge in [-0.15, -0.1) is 0 Å². The molecule has 2 aromatic heterocycles. The first-order valence-corrected chi connectivity index (χ1v) is 14.1. The van der Waals surface area contributed by atoms with Crippen molar-refractivity contribution in [2.24, 2.45) is 7.05 Å². The Morgan fingerprint density at radius 2 is 1.71 bits per heavy atom. The van der Waals surface area contributed by atoms with Gasteiger partial charge in [-0.1, -0.05) is 0 Å². The maximum absolute atomic E-state index is 13.3. The number of sulfonamides is 1. The number of benzene rings is 2. The standard InChI is InChI=1S/C27H33N5O5S/c1-31-24-8-5-19(37-16-4-13-32-14-11-28-12-15-32)17-21(24)22-18-20(6-9-25(22)31)38(33,34)30-23-7-10-26(35-2)29-27(23)36-3/h5-10,17-18,28,30H,4,11-16H2,1-3H3. The van der Waals surface area contributed by atoms with E-state index in [0.29, 0.717) is 12.5 Å². The fourth-order valence-electron chi connectivity index (χ4n) is 4.82. The van der Waals surface area contributed by atoms with E-state index in [2.05, 4.69) is 24.5 Å². The molecule has 2 N–H and O–H groups in total. The van der Waals surface area contributed by atoms with Crippen LogP contribution in [0.15, 0.2) is 53.4 Å². The van der Waals surface area contributed by atoms with Gasteiger partial charge in [-0.3, -0.25) is 4.72 Å². The quantitative estimate of drug-likeness (QED) is 0.296. The van der Waals surface area contributed by atoms with E-state index in [-0.39, 0.29) is 16.5 Å². The van der Waals surface area contributed by atoms with Gasteiger partial charge in [0, 0.05) is 67.6 Å². The second kappa shape index (κ2) is 11.1. The van der Waals surface area contributed by atoms with Crippen molar-refractivity contribution in [2.45, 2.75) is 11.3 Å². The van der Waals surface area contributed by atoms with Crippen LogP contribution in [0, 0.1) is 0 Å². The summed E-state index contributed by atoms with van der Waals surface area (Å²) in [5.74, 6) is 1.22. The second-order valence-corrected chi connectivity index (χ2v) is 10.9. The molecular weight excluding hydrogens is 506 g/mol. The summed E-state index contributed by atoms with van der Waals surface area (Å²) in [6, 6.07) is 14.2. The Kier molecular flexibility index (Phi) is 7.59. The van der Waals surface area contributed by atoms with Gasteiger partial charge in [-0.05, 0) is 48.9 Å². The lowest BCUT2D eigenvalue weighted by molar-refractivity contribution is 0.214. The van der Waals surface area contributed by atoms with E-state index in [1.54, 1.807) is 24.3 Å². The summed E-state index contributed by atoms with van der Waals surface area (Å²) in [7, 11) is 0.960. The van der Waals surface area contributed by atoms with Gasteiger partial charge in [0.15, 0.2) is 0 Å². The molecule has 1 fully saturated rings. The summed E-state index contributed by atoms with van der Waals surface area (Å²) < 4.78 is 47.7. The maximum atomic E-state index is 13.3. The number of hydrogen-bond acceptors (Lipinski definition) is 8. The molecule has 0 radical (unpaired) electrons. The van der Waals surface area contributed by atoms with Crippen molar-refractivity contribution in [3.8, 4) is 17.5 Å². The van der Waals surface area contributed by atoms with Crippen LogP contribution >= 0.6 is 0 Å². The van der Waals surface area contributed by atoms with Crippen LogP contribution in [0.4, 0.5) is 5.69 Å². The molecular formula is C27H33N5O5S. The van der Waals surface area contributed by atoms with Crippen molar-refractivity contribution >= 4 is 37.5 Å². The van der Waals surface area contributed by atoms with E-state index >= 15 is 0 Å². The average Bonchev–Trinajstić information content (AvgIpc) is 3.22. The van der Waals surface area contributed by atoms with E-state index in [1.807, 2.05) is 31.3 Å². The third kappa shape index (κ3) is 5.35.